The van der Waals surface area contributed by atoms with E-state index in [0.29, 0.717) is 10.6 Å². The van der Waals surface area contributed by atoms with Crippen LogP contribution in [0.5, 0.6) is 0 Å². The van der Waals surface area contributed by atoms with Gasteiger partial charge in [-0.1, -0.05) is 72.3 Å². The highest BCUT2D eigenvalue weighted by Gasteiger charge is 2.43. The number of carbonyl (C=O) groups excluding carboxylic acids is 1. The van der Waals surface area contributed by atoms with Gasteiger partial charge in [0.15, 0.2) is 0 Å². The average Bonchev–Trinajstić information content (AvgIpc) is 3.21. The van der Waals surface area contributed by atoms with Crippen molar-refractivity contribution in [1.29, 1.82) is 0 Å². The lowest BCUT2D eigenvalue weighted by Gasteiger charge is -2.29. The van der Waals surface area contributed by atoms with Crippen molar-refractivity contribution in [2.24, 2.45) is 11.0 Å². The van der Waals surface area contributed by atoms with Crippen LogP contribution in [-0.4, -0.2) is 16.6 Å². The Hall–Kier alpha value is -3.17. The van der Waals surface area contributed by atoms with Crippen LogP contribution in [0.15, 0.2) is 95.6 Å². The number of hydrogen-bond acceptors (Lipinski definition) is 2. The molecule has 5 rings (SSSR count). The highest BCUT2D eigenvalue weighted by Crippen LogP contribution is 2.44. The van der Waals surface area contributed by atoms with E-state index in [1.54, 1.807) is 29.3 Å². The molecule has 1 heterocycles. The Morgan fingerprint density at radius 2 is 1.61 bits per heavy atom. The molecule has 31 heavy (non-hydrogen) atoms. The van der Waals surface area contributed by atoms with E-state index in [0.717, 1.165) is 30.5 Å². The van der Waals surface area contributed by atoms with Gasteiger partial charge in [-0.05, 0) is 66.3 Å². The second-order valence-corrected chi connectivity index (χ2v) is 8.51. The van der Waals surface area contributed by atoms with Crippen LogP contribution in [0.4, 0.5) is 0 Å². The van der Waals surface area contributed by atoms with Crippen molar-refractivity contribution in [3.63, 3.8) is 0 Å². The summed E-state index contributed by atoms with van der Waals surface area (Å²) >= 11 is 6.04. The third-order valence-electron chi connectivity index (χ3n) is 6.08. The van der Waals surface area contributed by atoms with Crippen LogP contribution in [0.2, 0.25) is 5.02 Å². The summed E-state index contributed by atoms with van der Waals surface area (Å²) in [7, 11) is 0. The van der Waals surface area contributed by atoms with Gasteiger partial charge in [0.2, 0.25) is 0 Å². The zero-order valence-electron chi connectivity index (χ0n) is 17.1. The summed E-state index contributed by atoms with van der Waals surface area (Å²) in [4.78, 5) is 13.5. The van der Waals surface area contributed by atoms with Crippen LogP contribution in [0, 0.1) is 5.92 Å². The van der Waals surface area contributed by atoms with Gasteiger partial charge in [0.05, 0.1) is 11.8 Å². The number of halogens is 1. The Morgan fingerprint density at radius 3 is 2.32 bits per heavy atom. The fourth-order valence-corrected chi connectivity index (χ4v) is 4.75. The van der Waals surface area contributed by atoms with E-state index in [4.69, 9.17) is 16.7 Å². The highest BCUT2D eigenvalue weighted by molar-refractivity contribution is 6.30. The summed E-state index contributed by atoms with van der Waals surface area (Å²) in [6, 6.07) is 27.6. The molecule has 4 heteroatoms. The van der Waals surface area contributed by atoms with Gasteiger partial charge >= 0.3 is 0 Å². The lowest BCUT2D eigenvalue weighted by atomic mass is 9.77. The van der Waals surface area contributed by atoms with E-state index >= 15 is 0 Å². The van der Waals surface area contributed by atoms with E-state index in [1.165, 1.54) is 11.1 Å². The summed E-state index contributed by atoms with van der Waals surface area (Å²) < 4.78 is 0. The molecule has 0 unspecified atom stereocenters. The second kappa shape index (κ2) is 8.52. The molecule has 1 aliphatic carbocycles. The van der Waals surface area contributed by atoms with Gasteiger partial charge in [-0.3, -0.25) is 4.79 Å². The average molecular weight is 427 g/mol. The normalized spacial score (nSPS) is 21.6. The Labute approximate surface area is 187 Å². The zero-order valence-corrected chi connectivity index (χ0v) is 17.9. The third kappa shape index (κ3) is 3.94. The number of hydrazone groups is 1. The summed E-state index contributed by atoms with van der Waals surface area (Å²) in [5.74, 6) is 0.105. The molecule has 3 nitrogen and oxygen atoms in total. The minimum absolute atomic E-state index is 0.0912. The maximum absolute atomic E-state index is 13.5. The van der Waals surface area contributed by atoms with Crippen molar-refractivity contribution in [3.05, 3.63) is 112 Å². The number of benzene rings is 3. The monoisotopic (exact) mass is 426 g/mol. The van der Waals surface area contributed by atoms with E-state index in [1.807, 2.05) is 36.4 Å². The van der Waals surface area contributed by atoms with E-state index in [2.05, 4.69) is 30.3 Å². The van der Waals surface area contributed by atoms with Gasteiger partial charge in [0.1, 0.15) is 0 Å². The number of nitrogens with zero attached hydrogens (tertiary/aromatic N) is 2. The molecule has 154 valence electrons. The molecule has 0 N–H and O–H groups in total. The zero-order chi connectivity index (χ0) is 21.2. The van der Waals surface area contributed by atoms with Crippen molar-refractivity contribution in [1.82, 2.24) is 5.01 Å². The van der Waals surface area contributed by atoms with Crippen molar-refractivity contribution in [2.75, 3.05) is 0 Å². The molecule has 3 aromatic carbocycles. The van der Waals surface area contributed by atoms with E-state index in [-0.39, 0.29) is 17.9 Å². The first kappa shape index (κ1) is 19.8. The first-order valence-corrected chi connectivity index (χ1v) is 11.1. The number of carbonyl (C=O) groups is 1. The molecule has 0 spiro atoms. The summed E-state index contributed by atoms with van der Waals surface area (Å²) in [5, 5.41) is 7.26. The maximum atomic E-state index is 13.5. The van der Waals surface area contributed by atoms with Crippen molar-refractivity contribution < 1.29 is 4.79 Å². The summed E-state index contributed by atoms with van der Waals surface area (Å²) in [6.07, 6.45) is 5.32. The number of amides is 1. The van der Waals surface area contributed by atoms with Gasteiger partial charge < -0.3 is 0 Å². The van der Waals surface area contributed by atoms with Crippen LogP contribution in [0.1, 0.15) is 46.8 Å². The SMILES string of the molecule is O=C(c1ccc(Cl)cc1)N1N=C2/C(=C\c3ccccc3)CCC[C@@H]2[C@H]1c1ccccc1. The minimum atomic E-state index is -0.0983. The largest absolute Gasteiger partial charge is 0.274 e. The molecule has 1 fully saturated rings. The minimum Gasteiger partial charge on any atom is -0.267 e. The lowest BCUT2D eigenvalue weighted by Crippen LogP contribution is -2.31. The van der Waals surface area contributed by atoms with Crippen LogP contribution in [-0.2, 0) is 0 Å². The molecule has 0 bridgehead atoms. The molecule has 3 aromatic rings. The fourth-order valence-electron chi connectivity index (χ4n) is 4.63. The number of allylic oxidation sites excluding steroid dienone is 1. The van der Waals surface area contributed by atoms with Gasteiger partial charge in [-0.15, -0.1) is 0 Å². The van der Waals surface area contributed by atoms with Crippen LogP contribution >= 0.6 is 11.6 Å². The fraction of sp³-hybridized carbons (Fsp3) is 0.185. The number of rotatable bonds is 3. The van der Waals surface area contributed by atoms with Crippen molar-refractivity contribution in [2.45, 2.75) is 25.3 Å². The van der Waals surface area contributed by atoms with Crippen LogP contribution < -0.4 is 0 Å². The van der Waals surface area contributed by atoms with E-state index in [9.17, 15) is 4.79 Å². The molecule has 2 aliphatic rings. The van der Waals surface area contributed by atoms with E-state index < -0.39 is 0 Å². The standard InChI is InChI=1S/C27H23ClN2O/c28-23-16-14-21(15-17-23)27(31)30-26(20-10-5-2-6-11-20)24-13-7-12-22(25(24)29-30)18-19-8-3-1-4-9-19/h1-6,8-11,14-18,24,26H,7,12-13H2/b22-18-/t24-,26+/m0/s1. The van der Waals surface area contributed by atoms with Gasteiger partial charge in [0, 0.05) is 16.5 Å². The first-order chi connectivity index (χ1) is 15.2. The molecule has 2 atom stereocenters. The summed E-state index contributed by atoms with van der Waals surface area (Å²) in [6.45, 7) is 0. The molecule has 0 saturated heterocycles. The van der Waals surface area contributed by atoms with Gasteiger partial charge in [0.25, 0.3) is 5.91 Å². The molecule has 1 aliphatic heterocycles. The molecule has 0 aromatic heterocycles. The van der Waals surface area contributed by atoms with Crippen LogP contribution in [0.25, 0.3) is 6.08 Å². The number of fused-ring (bicyclic) bond motifs is 1. The third-order valence-corrected chi connectivity index (χ3v) is 6.33. The lowest BCUT2D eigenvalue weighted by molar-refractivity contribution is 0.0681. The second-order valence-electron chi connectivity index (χ2n) is 8.08. The Kier molecular flexibility index (Phi) is 5.44. The Morgan fingerprint density at radius 1 is 0.935 bits per heavy atom. The number of hydrogen-bond donors (Lipinski definition) is 0. The van der Waals surface area contributed by atoms with Crippen molar-refractivity contribution in [3.8, 4) is 0 Å². The smallest absolute Gasteiger partial charge is 0.267 e. The maximum Gasteiger partial charge on any atom is 0.274 e. The predicted molar refractivity (Wildman–Crippen MR) is 126 cm³/mol. The Bertz CT molecular complexity index is 1140. The van der Waals surface area contributed by atoms with Gasteiger partial charge in [-0.2, -0.15) is 5.10 Å². The molecule has 1 saturated carbocycles. The first-order valence-electron chi connectivity index (χ1n) is 10.7. The molecule has 1 amide bonds. The topological polar surface area (TPSA) is 32.7 Å². The quantitative estimate of drug-likeness (QED) is 0.454. The predicted octanol–water partition coefficient (Wildman–Crippen LogP) is 6.78. The summed E-state index contributed by atoms with van der Waals surface area (Å²) in [5.41, 5.74) is 5.16. The molecular weight excluding hydrogens is 404 g/mol. The molecular formula is C27H23ClN2O. The molecule has 0 radical (unpaired) electrons. The van der Waals surface area contributed by atoms with Gasteiger partial charge in [-0.25, -0.2) is 5.01 Å². The van der Waals surface area contributed by atoms with Crippen LogP contribution in [0.3, 0.4) is 0 Å². The Balaban J connectivity index is 1.57. The van der Waals surface area contributed by atoms with Crippen molar-refractivity contribution >= 4 is 29.3 Å². The highest BCUT2D eigenvalue weighted by atomic mass is 35.5.